The van der Waals surface area contributed by atoms with Gasteiger partial charge in [0.05, 0.1) is 11.7 Å². The van der Waals surface area contributed by atoms with Crippen LogP contribution in [0, 0.1) is 0 Å². The second kappa shape index (κ2) is 4.49. The number of nitrogens with zero attached hydrogens (tertiary/aromatic N) is 2. The molecule has 0 saturated carbocycles. The predicted octanol–water partition coefficient (Wildman–Crippen LogP) is 2.26. The molecule has 1 fully saturated rings. The van der Waals surface area contributed by atoms with Crippen molar-refractivity contribution in [2.24, 2.45) is 7.05 Å². The van der Waals surface area contributed by atoms with Crippen LogP contribution in [0.25, 0.3) is 10.9 Å². The summed E-state index contributed by atoms with van der Waals surface area (Å²) in [6.45, 7) is 1.18. The normalized spacial score (nSPS) is 20.9. The van der Waals surface area contributed by atoms with Crippen molar-refractivity contribution in [2.75, 3.05) is 6.54 Å². The number of pyridine rings is 1. The Morgan fingerprint density at radius 1 is 1.47 bits per heavy atom. The van der Waals surface area contributed by atoms with E-state index in [1.54, 1.807) is 0 Å². The van der Waals surface area contributed by atoms with Gasteiger partial charge in [-0.3, -0.25) is 4.98 Å². The Morgan fingerprint density at radius 2 is 2.41 bits per heavy atom. The summed E-state index contributed by atoms with van der Waals surface area (Å²) >= 11 is 0. The van der Waals surface area contributed by atoms with Crippen LogP contribution in [-0.4, -0.2) is 22.1 Å². The predicted molar refractivity (Wildman–Crippen MR) is 70.1 cm³/mol. The zero-order valence-corrected chi connectivity index (χ0v) is 10.3. The summed E-state index contributed by atoms with van der Waals surface area (Å²) in [6, 6.07) is 2.79. The fourth-order valence-corrected chi connectivity index (χ4v) is 2.84. The number of hydrogen-bond acceptors (Lipinski definition) is 2. The third kappa shape index (κ3) is 2.07. The van der Waals surface area contributed by atoms with Crippen molar-refractivity contribution in [1.82, 2.24) is 14.9 Å². The van der Waals surface area contributed by atoms with E-state index >= 15 is 0 Å². The molecular formula is C14H19N3. The van der Waals surface area contributed by atoms with Crippen LogP contribution in [-0.2, 0) is 13.5 Å². The Bertz CT molecular complexity index is 509. The molecule has 2 aromatic rings. The number of aryl methyl sites for hydroxylation is 1. The van der Waals surface area contributed by atoms with Crippen molar-refractivity contribution in [3.63, 3.8) is 0 Å². The van der Waals surface area contributed by atoms with Gasteiger partial charge in [0.1, 0.15) is 0 Å². The van der Waals surface area contributed by atoms with Crippen LogP contribution in [0.1, 0.15) is 24.8 Å². The Hall–Kier alpha value is -1.35. The minimum atomic E-state index is 0.655. The molecule has 0 spiro atoms. The van der Waals surface area contributed by atoms with Gasteiger partial charge in [-0.1, -0.05) is 6.42 Å². The molecule has 1 unspecified atom stereocenters. The molecule has 3 heterocycles. The SMILES string of the molecule is Cn1cc(CC2CCCCN2)c2ccncc21. The van der Waals surface area contributed by atoms with E-state index in [-0.39, 0.29) is 0 Å². The number of aromatic nitrogens is 2. The lowest BCUT2D eigenvalue weighted by Crippen LogP contribution is -2.35. The average Bonchev–Trinajstić information content (AvgIpc) is 2.69. The zero-order valence-electron chi connectivity index (χ0n) is 10.3. The van der Waals surface area contributed by atoms with E-state index in [9.17, 15) is 0 Å². The molecule has 0 aliphatic carbocycles. The summed E-state index contributed by atoms with van der Waals surface area (Å²) in [6.07, 6.45) is 11.2. The van der Waals surface area contributed by atoms with E-state index in [0.29, 0.717) is 6.04 Å². The molecule has 0 bridgehead atoms. The molecule has 1 aliphatic heterocycles. The number of piperidine rings is 1. The first-order valence-corrected chi connectivity index (χ1v) is 6.46. The molecule has 1 saturated heterocycles. The van der Waals surface area contributed by atoms with Crippen LogP contribution in [0.4, 0.5) is 0 Å². The van der Waals surface area contributed by atoms with Crippen LogP contribution in [0.2, 0.25) is 0 Å². The molecule has 3 nitrogen and oxygen atoms in total. The Labute approximate surface area is 102 Å². The monoisotopic (exact) mass is 229 g/mol. The second-order valence-electron chi connectivity index (χ2n) is 5.01. The molecule has 3 heteroatoms. The maximum Gasteiger partial charge on any atom is 0.0666 e. The maximum atomic E-state index is 4.20. The third-order valence-corrected chi connectivity index (χ3v) is 3.75. The van der Waals surface area contributed by atoms with Crippen molar-refractivity contribution >= 4 is 10.9 Å². The Kier molecular flexibility index (Phi) is 2.85. The van der Waals surface area contributed by atoms with Crippen LogP contribution < -0.4 is 5.32 Å². The molecule has 0 amide bonds. The van der Waals surface area contributed by atoms with E-state index in [1.807, 2.05) is 12.4 Å². The standard InChI is InChI=1S/C14H19N3/c1-17-10-11(8-12-4-2-3-6-16-12)13-5-7-15-9-14(13)17/h5,7,9-10,12,16H,2-4,6,8H2,1H3. The van der Waals surface area contributed by atoms with Crippen molar-refractivity contribution < 1.29 is 0 Å². The van der Waals surface area contributed by atoms with Gasteiger partial charge < -0.3 is 9.88 Å². The summed E-state index contributed by atoms with van der Waals surface area (Å²) in [4.78, 5) is 4.20. The van der Waals surface area contributed by atoms with Gasteiger partial charge in [-0.05, 0) is 37.4 Å². The van der Waals surface area contributed by atoms with Crippen LogP contribution in [0.15, 0.2) is 24.7 Å². The molecule has 17 heavy (non-hydrogen) atoms. The van der Waals surface area contributed by atoms with Crippen LogP contribution in [0.5, 0.6) is 0 Å². The van der Waals surface area contributed by atoms with E-state index in [0.717, 1.165) is 6.42 Å². The number of fused-ring (bicyclic) bond motifs is 1. The highest BCUT2D eigenvalue weighted by Gasteiger charge is 2.15. The first-order valence-electron chi connectivity index (χ1n) is 6.46. The van der Waals surface area contributed by atoms with Gasteiger partial charge in [-0.2, -0.15) is 0 Å². The fraction of sp³-hybridized carbons (Fsp3) is 0.500. The molecular weight excluding hydrogens is 210 g/mol. The minimum Gasteiger partial charge on any atom is -0.349 e. The molecule has 2 aromatic heterocycles. The van der Waals surface area contributed by atoms with E-state index in [1.165, 1.54) is 42.3 Å². The summed E-state index contributed by atoms with van der Waals surface area (Å²) in [5.41, 5.74) is 2.68. The molecule has 1 atom stereocenters. The van der Waals surface area contributed by atoms with Gasteiger partial charge in [-0.15, -0.1) is 0 Å². The van der Waals surface area contributed by atoms with Gasteiger partial charge in [0.2, 0.25) is 0 Å². The van der Waals surface area contributed by atoms with E-state index < -0.39 is 0 Å². The van der Waals surface area contributed by atoms with Crippen molar-refractivity contribution in [3.05, 3.63) is 30.2 Å². The Morgan fingerprint density at radius 3 is 3.24 bits per heavy atom. The fourth-order valence-electron chi connectivity index (χ4n) is 2.84. The average molecular weight is 229 g/mol. The second-order valence-corrected chi connectivity index (χ2v) is 5.01. The summed E-state index contributed by atoms with van der Waals surface area (Å²) in [5.74, 6) is 0. The smallest absolute Gasteiger partial charge is 0.0666 e. The highest BCUT2D eigenvalue weighted by atomic mass is 14.9. The summed E-state index contributed by atoms with van der Waals surface area (Å²) in [5, 5.41) is 4.97. The first-order chi connectivity index (χ1) is 8.34. The van der Waals surface area contributed by atoms with E-state index in [2.05, 4.69) is 34.2 Å². The molecule has 90 valence electrons. The summed E-state index contributed by atoms with van der Waals surface area (Å²) < 4.78 is 2.18. The van der Waals surface area contributed by atoms with Crippen LogP contribution in [0.3, 0.4) is 0 Å². The Balaban J connectivity index is 1.89. The summed E-state index contributed by atoms with van der Waals surface area (Å²) in [7, 11) is 2.10. The number of rotatable bonds is 2. The maximum absolute atomic E-state index is 4.20. The van der Waals surface area contributed by atoms with E-state index in [4.69, 9.17) is 0 Å². The molecule has 1 N–H and O–H groups in total. The molecule has 0 radical (unpaired) electrons. The lowest BCUT2D eigenvalue weighted by molar-refractivity contribution is 0.400. The van der Waals surface area contributed by atoms with Gasteiger partial charge in [0.15, 0.2) is 0 Å². The number of hydrogen-bond donors (Lipinski definition) is 1. The highest BCUT2D eigenvalue weighted by Crippen LogP contribution is 2.22. The van der Waals surface area contributed by atoms with Crippen molar-refractivity contribution in [1.29, 1.82) is 0 Å². The lowest BCUT2D eigenvalue weighted by Gasteiger charge is -2.23. The van der Waals surface area contributed by atoms with Crippen molar-refractivity contribution in [3.8, 4) is 0 Å². The van der Waals surface area contributed by atoms with Crippen molar-refractivity contribution in [2.45, 2.75) is 31.7 Å². The molecule has 1 aliphatic rings. The molecule has 3 rings (SSSR count). The first kappa shape index (κ1) is 10.8. The number of nitrogens with one attached hydrogen (secondary N) is 1. The molecule has 0 aromatic carbocycles. The largest absolute Gasteiger partial charge is 0.349 e. The minimum absolute atomic E-state index is 0.655. The van der Waals surface area contributed by atoms with Gasteiger partial charge in [-0.25, -0.2) is 0 Å². The quantitative estimate of drug-likeness (QED) is 0.856. The van der Waals surface area contributed by atoms with Gasteiger partial charge in [0.25, 0.3) is 0 Å². The lowest BCUT2D eigenvalue weighted by atomic mass is 9.98. The topological polar surface area (TPSA) is 29.9 Å². The van der Waals surface area contributed by atoms with Crippen LogP contribution >= 0.6 is 0 Å². The third-order valence-electron chi connectivity index (χ3n) is 3.75. The van der Waals surface area contributed by atoms with Gasteiger partial charge in [0, 0.05) is 30.9 Å². The highest BCUT2D eigenvalue weighted by molar-refractivity contribution is 5.83. The van der Waals surface area contributed by atoms with Gasteiger partial charge >= 0.3 is 0 Å². The zero-order chi connectivity index (χ0) is 11.7.